The van der Waals surface area contributed by atoms with E-state index in [1.54, 1.807) is 0 Å². The van der Waals surface area contributed by atoms with E-state index >= 15 is 0 Å². The molecule has 0 aliphatic heterocycles. The second-order valence-corrected chi connectivity index (χ2v) is 4.52. The number of nitro groups is 1. The molecule has 24 heavy (non-hydrogen) atoms. The lowest BCUT2D eigenvalue weighted by Crippen LogP contribution is -2.10. The smallest absolute Gasteiger partial charge is 0.334 e. The Balaban J connectivity index is 2.43. The number of hydrogen-bond acceptors (Lipinski definition) is 6. The quantitative estimate of drug-likeness (QED) is 0.487. The number of hydrogen-bond donors (Lipinski definition) is 1. The minimum Gasteiger partial charge on any atom is -0.334 e. The molecule has 0 bridgehead atoms. The number of anilines is 2. The van der Waals surface area contributed by atoms with Crippen LogP contribution >= 0.6 is 0 Å². The summed E-state index contributed by atoms with van der Waals surface area (Å²) in [6.07, 6.45) is -4.62. The van der Waals surface area contributed by atoms with Gasteiger partial charge in [0.15, 0.2) is 0 Å². The molecule has 2 rings (SSSR count). The van der Waals surface area contributed by atoms with Crippen LogP contribution in [0.5, 0.6) is 0 Å². The van der Waals surface area contributed by atoms with Crippen molar-refractivity contribution in [1.29, 1.82) is 0 Å². The van der Waals surface area contributed by atoms with Crippen molar-refractivity contribution in [2.75, 3.05) is 12.4 Å². The predicted octanol–water partition coefficient (Wildman–Crippen LogP) is 3.83. The summed E-state index contributed by atoms with van der Waals surface area (Å²) in [5.74, 6) is -0.325. The fraction of sp³-hybridized carbons (Fsp3) is 0.214. The third kappa shape index (κ3) is 4.18. The first-order valence-electron chi connectivity index (χ1n) is 6.56. The van der Waals surface area contributed by atoms with Crippen molar-refractivity contribution in [3.8, 4) is 0 Å². The molecule has 1 heterocycles. The van der Waals surface area contributed by atoms with Crippen LogP contribution in [0.15, 0.2) is 36.4 Å². The Morgan fingerprint density at radius 1 is 1.25 bits per heavy atom. The monoisotopic (exact) mass is 343 g/mol. The van der Waals surface area contributed by atoms with Crippen molar-refractivity contribution >= 4 is 17.2 Å². The minimum absolute atomic E-state index is 0.121. The second-order valence-electron chi connectivity index (χ2n) is 4.52. The molecule has 128 valence electrons. The molecule has 0 spiro atoms. The number of nitrogens with zero attached hydrogens (tertiary/aromatic N) is 2. The maximum atomic E-state index is 13.0. The molecule has 7 nitrogen and oxygen atoms in total. The molecule has 0 aliphatic rings. The summed E-state index contributed by atoms with van der Waals surface area (Å²) < 4.78 is 39.1. The average Bonchev–Trinajstić information content (AvgIpc) is 2.52. The molecule has 0 radical (unpaired) electrons. The Morgan fingerprint density at radius 2 is 1.96 bits per heavy atom. The Bertz CT molecular complexity index is 737. The van der Waals surface area contributed by atoms with Gasteiger partial charge < -0.3 is 5.32 Å². The van der Waals surface area contributed by atoms with E-state index in [0.29, 0.717) is 0 Å². The largest absolute Gasteiger partial charge is 0.418 e. The summed E-state index contributed by atoms with van der Waals surface area (Å²) in [5, 5.41) is 13.4. The summed E-state index contributed by atoms with van der Waals surface area (Å²) in [7, 11) is 1.27. The normalized spacial score (nSPS) is 11.3. The van der Waals surface area contributed by atoms with Crippen LogP contribution in [0.25, 0.3) is 0 Å². The summed E-state index contributed by atoms with van der Waals surface area (Å²) in [6.45, 7) is -0.121. The lowest BCUT2D eigenvalue weighted by Gasteiger charge is -2.14. The topological polar surface area (TPSA) is 86.5 Å². The van der Waals surface area contributed by atoms with Gasteiger partial charge in [-0.3, -0.25) is 10.1 Å². The molecule has 10 heteroatoms. The van der Waals surface area contributed by atoms with E-state index in [4.69, 9.17) is 0 Å². The number of halogens is 3. The summed E-state index contributed by atoms with van der Waals surface area (Å²) in [5.41, 5.74) is -1.52. The maximum Gasteiger partial charge on any atom is 0.418 e. The van der Waals surface area contributed by atoms with Gasteiger partial charge in [-0.1, -0.05) is 12.1 Å². The fourth-order valence-electron chi connectivity index (χ4n) is 1.90. The van der Waals surface area contributed by atoms with Gasteiger partial charge in [0, 0.05) is 6.07 Å². The molecule has 1 N–H and O–H groups in total. The van der Waals surface area contributed by atoms with Gasteiger partial charge in [0.05, 0.1) is 29.0 Å². The number of rotatable bonds is 6. The van der Waals surface area contributed by atoms with E-state index in [1.807, 2.05) is 0 Å². The van der Waals surface area contributed by atoms with Gasteiger partial charge in [-0.2, -0.15) is 13.2 Å². The van der Waals surface area contributed by atoms with E-state index in [1.165, 1.54) is 25.3 Å². The summed E-state index contributed by atoms with van der Waals surface area (Å²) in [4.78, 5) is 23.3. The van der Waals surface area contributed by atoms with Crippen molar-refractivity contribution in [2.24, 2.45) is 0 Å². The summed E-state index contributed by atoms with van der Waals surface area (Å²) >= 11 is 0. The maximum absolute atomic E-state index is 13.0. The number of aromatic nitrogens is 1. The number of benzene rings is 1. The van der Waals surface area contributed by atoms with Crippen molar-refractivity contribution in [3.05, 3.63) is 57.8 Å². The standard InChI is InChI=1S/C14H12F3N3O4/c1-23-24-8-9-6-7-12(20(21)22)13(18-9)19-11-5-3-2-4-10(11)14(15,16)17/h2-7H,8H2,1H3,(H,18,19). The highest BCUT2D eigenvalue weighted by Gasteiger charge is 2.33. The molecule has 0 unspecified atom stereocenters. The Kier molecular flexibility index (Phi) is 5.31. The van der Waals surface area contributed by atoms with Gasteiger partial charge in [0.25, 0.3) is 0 Å². The molecule has 0 saturated heterocycles. The van der Waals surface area contributed by atoms with Crippen molar-refractivity contribution < 1.29 is 27.9 Å². The van der Waals surface area contributed by atoms with Gasteiger partial charge in [0.2, 0.25) is 5.82 Å². The van der Waals surface area contributed by atoms with Crippen LogP contribution in [0, 0.1) is 10.1 Å². The first-order valence-corrected chi connectivity index (χ1v) is 6.56. The molecule has 0 atom stereocenters. The van der Waals surface area contributed by atoms with Crippen LogP contribution in [-0.4, -0.2) is 17.0 Å². The Labute approximate surface area is 134 Å². The molecule has 0 fully saturated rings. The molecule has 0 amide bonds. The van der Waals surface area contributed by atoms with E-state index in [9.17, 15) is 23.3 Å². The second kappa shape index (κ2) is 7.23. The van der Waals surface area contributed by atoms with Crippen molar-refractivity contribution in [3.63, 3.8) is 0 Å². The lowest BCUT2D eigenvalue weighted by molar-refractivity contribution is -0.384. The van der Waals surface area contributed by atoms with Gasteiger partial charge >= 0.3 is 11.9 Å². The first kappa shape index (κ1) is 17.6. The van der Waals surface area contributed by atoms with Gasteiger partial charge in [0.1, 0.15) is 6.61 Å². The predicted molar refractivity (Wildman–Crippen MR) is 77.4 cm³/mol. The number of nitrogens with one attached hydrogen (secondary N) is 1. The highest BCUT2D eigenvalue weighted by molar-refractivity contribution is 5.68. The fourth-order valence-corrected chi connectivity index (χ4v) is 1.90. The number of pyridine rings is 1. The van der Waals surface area contributed by atoms with Crippen molar-refractivity contribution in [2.45, 2.75) is 12.8 Å². The molecular weight excluding hydrogens is 331 g/mol. The van der Waals surface area contributed by atoms with Gasteiger partial charge in [-0.05, 0) is 18.2 Å². The molecule has 1 aromatic carbocycles. The molecule has 1 aromatic heterocycles. The average molecular weight is 343 g/mol. The molecule has 0 aliphatic carbocycles. The van der Waals surface area contributed by atoms with E-state index in [0.717, 1.165) is 18.2 Å². The highest BCUT2D eigenvalue weighted by Crippen LogP contribution is 2.37. The zero-order valence-corrected chi connectivity index (χ0v) is 12.3. The lowest BCUT2D eigenvalue weighted by atomic mass is 10.1. The van der Waals surface area contributed by atoms with Crippen LogP contribution in [0.1, 0.15) is 11.3 Å². The zero-order chi connectivity index (χ0) is 17.7. The van der Waals surface area contributed by atoms with E-state index < -0.39 is 22.4 Å². The van der Waals surface area contributed by atoms with Crippen LogP contribution < -0.4 is 5.32 Å². The third-order valence-electron chi connectivity index (χ3n) is 2.94. The summed E-state index contributed by atoms with van der Waals surface area (Å²) in [6, 6.07) is 7.07. The van der Waals surface area contributed by atoms with Crippen LogP contribution in [0.3, 0.4) is 0 Å². The molecule has 2 aromatic rings. The minimum atomic E-state index is -4.62. The number of alkyl halides is 3. The highest BCUT2D eigenvalue weighted by atomic mass is 19.4. The van der Waals surface area contributed by atoms with E-state index in [-0.39, 0.29) is 23.8 Å². The SMILES string of the molecule is COOCc1ccc([N+](=O)[O-])c(Nc2ccccc2C(F)(F)F)n1. The van der Waals surface area contributed by atoms with Crippen LogP contribution in [0.2, 0.25) is 0 Å². The first-order chi connectivity index (χ1) is 11.3. The van der Waals surface area contributed by atoms with Gasteiger partial charge in [-0.15, -0.1) is 0 Å². The van der Waals surface area contributed by atoms with Crippen LogP contribution in [0.4, 0.5) is 30.4 Å². The molecular formula is C14H12F3N3O4. The number of para-hydroxylation sites is 1. The van der Waals surface area contributed by atoms with Crippen molar-refractivity contribution in [1.82, 2.24) is 4.98 Å². The van der Waals surface area contributed by atoms with E-state index in [2.05, 4.69) is 20.1 Å². The van der Waals surface area contributed by atoms with Crippen LogP contribution in [-0.2, 0) is 22.6 Å². The third-order valence-corrected chi connectivity index (χ3v) is 2.94. The Morgan fingerprint density at radius 3 is 2.58 bits per heavy atom. The molecule has 0 saturated carbocycles. The Hall–Kier alpha value is -2.72. The van der Waals surface area contributed by atoms with Gasteiger partial charge in [-0.25, -0.2) is 14.8 Å². The zero-order valence-electron chi connectivity index (χ0n) is 12.3.